The number of hydrogen-bond acceptors (Lipinski definition) is 1. The zero-order valence-electron chi connectivity index (χ0n) is 16.6. The van der Waals surface area contributed by atoms with Crippen molar-refractivity contribution in [2.75, 3.05) is 4.90 Å². The number of anilines is 1. The number of nitrogens with zero attached hydrogens (tertiary/aromatic N) is 1. The van der Waals surface area contributed by atoms with Crippen LogP contribution in [-0.2, 0) is 0 Å². The summed E-state index contributed by atoms with van der Waals surface area (Å²) < 4.78 is 0. The number of aryl methyl sites for hydroxylation is 2. The van der Waals surface area contributed by atoms with E-state index in [9.17, 15) is 0 Å². The lowest BCUT2D eigenvalue weighted by molar-refractivity contribution is 0.672. The molecule has 2 aromatic rings. The lowest BCUT2D eigenvalue weighted by atomic mass is 9.95. The Morgan fingerprint density at radius 1 is 1.04 bits per heavy atom. The summed E-state index contributed by atoms with van der Waals surface area (Å²) in [7, 11) is 0. The van der Waals surface area contributed by atoms with Gasteiger partial charge in [0.15, 0.2) is 0 Å². The summed E-state index contributed by atoms with van der Waals surface area (Å²) in [5.41, 5.74) is 8.74. The van der Waals surface area contributed by atoms with E-state index in [-0.39, 0.29) is 0 Å². The van der Waals surface area contributed by atoms with Gasteiger partial charge in [-0.3, -0.25) is 0 Å². The van der Waals surface area contributed by atoms with Crippen molar-refractivity contribution in [3.05, 3.63) is 77.5 Å². The Hall–Kier alpha value is -2.28. The fraction of sp³-hybridized carbons (Fsp3) is 0.333. The van der Waals surface area contributed by atoms with Crippen LogP contribution in [0.5, 0.6) is 0 Å². The van der Waals surface area contributed by atoms with Crippen molar-refractivity contribution in [2.24, 2.45) is 0 Å². The maximum absolute atomic E-state index is 4.33. The molecule has 0 saturated heterocycles. The second-order valence-corrected chi connectivity index (χ2v) is 7.15. The molecule has 132 valence electrons. The molecule has 0 radical (unpaired) electrons. The van der Waals surface area contributed by atoms with Crippen molar-refractivity contribution in [1.29, 1.82) is 0 Å². The Kier molecular flexibility index (Phi) is 6.25. The minimum absolute atomic E-state index is 0.399. The van der Waals surface area contributed by atoms with E-state index in [1.807, 2.05) is 0 Å². The maximum Gasteiger partial charge on any atom is 0.0419 e. The first-order chi connectivity index (χ1) is 11.8. The van der Waals surface area contributed by atoms with Crippen molar-refractivity contribution in [2.45, 2.75) is 54.0 Å². The summed E-state index contributed by atoms with van der Waals surface area (Å²) >= 11 is 0. The predicted molar refractivity (Wildman–Crippen MR) is 112 cm³/mol. The SMILES string of the molecule is C=C(C=C(C)C)N(c1ccc(C)c(-c2ccccc2C)c1)C(C)CC. The van der Waals surface area contributed by atoms with E-state index in [0.717, 1.165) is 12.1 Å². The van der Waals surface area contributed by atoms with E-state index in [1.54, 1.807) is 0 Å². The summed E-state index contributed by atoms with van der Waals surface area (Å²) in [5.74, 6) is 0. The summed E-state index contributed by atoms with van der Waals surface area (Å²) in [6.07, 6.45) is 3.24. The van der Waals surface area contributed by atoms with Gasteiger partial charge in [-0.05, 0) is 81.5 Å². The first kappa shape index (κ1) is 19.1. The van der Waals surface area contributed by atoms with Gasteiger partial charge in [0.25, 0.3) is 0 Å². The molecule has 1 heteroatoms. The van der Waals surface area contributed by atoms with Crippen molar-refractivity contribution in [3.8, 4) is 11.1 Å². The molecular weight excluding hydrogens is 302 g/mol. The molecule has 1 atom stereocenters. The Morgan fingerprint density at radius 3 is 2.28 bits per heavy atom. The van der Waals surface area contributed by atoms with Crippen LogP contribution < -0.4 is 4.90 Å². The Labute approximate surface area is 153 Å². The second-order valence-electron chi connectivity index (χ2n) is 7.15. The predicted octanol–water partition coefficient (Wildman–Crippen LogP) is 7.06. The Balaban J connectivity index is 2.57. The molecule has 0 N–H and O–H groups in total. The Morgan fingerprint density at radius 2 is 1.68 bits per heavy atom. The number of benzene rings is 2. The first-order valence-corrected chi connectivity index (χ1v) is 9.14. The first-order valence-electron chi connectivity index (χ1n) is 9.14. The Bertz CT molecular complexity index is 778. The number of rotatable bonds is 6. The molecule has 0 aromatic heterocycles. The third-order valence-corrected chi connectivity index (χ3v) is 4.73. The summed E-state index contributed by atoms with van der Waals surface area (Å²) in [4.78, 5) is 2.36. The fourth-order valence-electron chi connectivity index (χ4n) is 3.21. The highest BCUT2D eigenvalue weighted by atomic mass is 15.2. The highest BCUT2D eigenvalue weighted by Crippen LogP contribution is 2.33. The van der Waals surface area contributed by atoms with Gasteiger partial charge in [0.05, 0.1) is 0 Å². The van der Waals surface area contributed by atoms with Gasteiger partial charge in [-0.2, -0.15) is 0 Å². The van der Waals surface area contributed by atoms with E-state index in [0.29, 0.717) is 6.04 Å². The molecule has 2 aromatic carbocycles. The molecule has 0 amide bonds. The molecule has 1 nitrogen and oxygen atoms in total. The zero-order valence-corrected chi connectivity index (χ0v) is 16.6. The van der Waals surface area contributed by atoms with Gasteiger partial charge in [-0.25, -0.2) is 0 Å². The zero-order chi connectivity index (χ0) is 18.6. The maximum atomic E-state index is 4.33. The van der Waals surface area contributed by atoms with E-state index in [2.05, 4.69) is 102 Å². The molecule has 0 heterocycles. The lowest BCUT2D eigenvalue weighted by Gasteiger charge is -2.32. The minimum Gasteiger partial charge on any atom is -0.339 e. The fourth-order valence-corrected chi connectivity index (χ4v) is 3.21. The average molecular weight is 334 g/mol. The van der Waals surface area contributed by atoms with Crippen LogP contribution in [0, 0.1) is 13.8 Å². The van der Waals surface area contributed by atoms with Crippen LogP contribution in [-0.4, -0.2) is 6.04 Å². The topological polar surface area (TPSA) is 3.24 Å². The molecule has 0 fully saturated rings. The molecule has 0 saturated carbocycles. The van der Waals surface area contributed by atoms with Crippen LogP contribution in [0.1, 0.15) is 45.2 Å². The largest absolute Gasteiger partial charge is 0.339 e. The quantitative estimate of drug-likeness (QED) is 0.512. The van der Waals surface area contributed by atoms with Gasteiger partial charge in [0.2, 0.25) is 0 Å². The van der Waals surface area contributed by atoms with Gasteiger partial charge >= 0.3 is 0 Å². The van der Waals surface area contributed by atoms with Crippen molar-refractivity contribution in [1.82, 2.24) is 0 Å². The molecule has 0 aliphatic rings. The molecule has 2 rings (SSSR count). The van der Waals surface area contributed by atoms with E-state index in [4.69, 9.17) is 0 Å². The third-order valence-electron chi connectivity index (χ3n) is 4.73. The standard InChI is InChI=1S/C24H31N/c1-8-20(6)25(21(7)15-17(2)3)22-14-13-19(5)24(16-22)23-12-10-9-11-18(23)4/h9-16,20H,7-8H2,1-6H3. The molecule has 0 aliphatic carbocycles. The third kappa shape index (κ3) is 4.42. The van der Waals surface area contributed by atoms with Crippen LogP contribution in [0.2, 0.25) is 0 Å². The van der Waals surface area contributed by atoms with Crippen molar-refractivity contribution < 1.29 is 0 Å². The van der Waals surface area contributed by atoms with Crippen LogP contribution >= 0.6 is 0 Å². The van der Waals surface area contributed by atoms with Crippen molar-refractivity contribution >= 4 is 5.69 Å². The summed E-state index contributed by atoms with van der Waals surface area (Å²) in [6.45, 7) is 17.4. The highest BCUT2D eigenvalue weighted by molar-refractivity contribution is 5.75. The van der Waals surface area contributed by atoms with Crippen LogP contribution in [0.3, 0.4) is 0 Å². The lowest BCUT2D eigenvalue weighted by Crippen LogP contribution is -2.31. The molecular formula is C24H31N. The van der Waals surface area contributed by atoms with Gasteiger partial charge < -0.3 is 4.90 Å². The average Bonchev–Trinajstić information content (AvgIpc) is 2.56. The number of allylic oxidation sites excluding steroid dienone is 2. The van der Waals surface area contributed by atoms with E-state index >= 15 is 0 Å². The normalized spacial score (nSPS) is 11.8. The van der Waals surface area contributed by atoms with Gasteiger partial charge in [-0.15, -0.1) is 0 Å². The van der Waals surface area contributed by atoms with E-state index < -0.39 is 0 Å². The second kappa shape index (κ2) is 8.20. The van der Waals surface area contributed by atoms with Crippen LogP contribution in [0.4, 0.5) is 5.69 Å². The smallest absolute Gasteiger partial charge is 0.0419 e. The number of hydrogen-bond donors (Lipinski definition) is 0. The molecule has 0 spiro atoms. The summed E-state index contributed by atoms with van der Waals surface area (Å²) in [6, 6.07) is 15.7. The van der Waals surface area contributed by atoms with Gasteiger partial charge in [0, 0.05) is 17.4 Å². The molecule has 0 aliphatic heterocycles. The van der Waals surface area contributed by atoms with Crippen LogP contribution in [0.25, 0.3) is 11.1 Å². The van der Waals surface area contributed by atoms with Crippen LogP contribution in [0.15, 0.2) is 66.4 Å². The molecule has 1 unspecified atom stereocenters. The summed E-state index contributed by atoms with van der Waals surface area (Å²) in [5, 5.41) is 0. The molecule has 0 bridgehead atoms. The monoisotopic (exact) mass is 333 g/mol. The molecule has 25 heavy (non-hydrogen) atoms. The van der Waals surface area contributed by atoms with E-state index in [1.165, 1.54) is 33.5 Å². The van der Waals surface area contributed by atoms with Gasteiger partial charge in [0.1, 0.15) is 0 Å². The minimum atomic E-state index is 0.399. The van der Waals surface area contributed by atoms with Gasteiger partial charge in [-0.1, -0.05) is 49.4 Å². The van der Waals surface area contributed by atoms with Crippen molar-refractivity contribution in [3.63, 3.8) is 0 Å². The highest BCUT2D eigenvalue weighted by Gasteiger charge is 2.17.